The van der Waals surface area contributed by atoms with Crippen molar-refractivity contribution in [3.05, 3.63) is 101 Å². The highest BCUT2D eigenvalue weighted by Crippen LogP contribution is 2.27. The van der Waals surface area contributed by atoms with Crippen molar-refractivity contribution in [1.29, 1.82) is 0 Å². The Bertz CT molecular complexity index is 1060. The van der Waals surface area contributed by atoms with Crippen LogP contribution < -0.4 is 4.74 Å². The highest BCUT2D eigenvalue weighted by atomic mass is 16.5. The Labute approximate surface area is 195 Å². The lowest BCUT2D eigenvalue weighted by Crippen LogP contribution is -2.03. The van der Waals surface area contributed by atoms with Crippen molar-refractivity contribution >= 4 is 17.8 Å². The van der Waals surface area contributed by atoms with Crippen LogP contribution in [0.5, 0.6) is 5.75 Å². The number of aldehydes is 1. The van der Waals surface area contributed by atoms with Crippen LogP contribution in [0.15, 0.2) is 79.1 Å². The van der Waals surface area contributed by atoms with Crippen LogP contribution in [0.25, 0.3) is 5.57 Å². The Kier molecular flexibility index (Phi) is 9.40. The van der Waals surface area contributed by atoms with Gasteiger partial charge < -0.3 is 9.47 Å². The first kappa shape index (κ1) is 23.9. The minimum atomic E-state index is -0.139. The molecule has 0 bridgehead atoms. The summed E-state index contributed by atoms with van der Waals surface area (Å²) < 4.78 is 11.0. The molecule has 0 amide bonds. The van der Waals surface area contributed by atoms with Gasteiger partial charge in [0, 0.05) is 29.9 Å². The molecular formula is C28H29NO4. The molecule has 5 heteroatoms. The van der Waals surface area contributed by atoms with Gasteiger partial charge in [0.25, 0.3) is 0 Å². The molecule has 0 aliphatic heterocycles. The van der Waals surface area contributed by atoms with Crippen LogP contribution in [0.1, 0.15) is 59.7 Å². The second-order valence-corrected chi connectivity index (χ2v) is 7.59. The Morgan fingerprint density at radius 3 is 2.55 bits per heavy atom. The first-order chi connectivity index (χ1) is 16.2. The third-order valence-electron chi connectivity index (χ3n) is 5.13. The highest BCUT2D eigenvalue weighted by molar-refractivity contribution is 5.80. The minimum Gasteiger partial charge on any atom is -0.489 e. The lowest BCUT2D eigenvalue weighted by molar-refractivity contribution is -0.143. The summed E-state index contributed by atoms with van der Waals surface area (Å²) in [6.45, 7) is 2.66. The van der Waals surface area contributed by atoms with Crippen LogP contribution >= 0.6 is 0 Å². The molecule has 170 valence electrons. The number of benzene rings is 2. The summed E-state index contributed by atoms with van der Waals surface area (Å²) in [7, 11) is 0. The van der Waals surface area contributed by atoms with E-state index in [9.17, 15) is 9.59 Å². The quantitative estimate of drug-likeness (QED) is 0.194. The van der Waals surface area contributed by atoms with Gasteiger partial charge in [0.05, 0.1) is 6.61 Å². The van der Waals surface area contributed by atoms with E-state index in [1.165, 1.54) is 0 Å². The number of pyridine rings is 1. The molecule has 3 aromatic rings. The molecule has 0 saturated heterocycles. The summed E-state index contributed by atoms with van der Waals surface area (Å²) in [4.78, 5) is 26.6. The number of aromatic nitrogens is 1. The SMILES string of the molecule is CCOC(=O)CCCC/C=C(/c1cccnc1)c1cccc(OCc2ccc(C=O)cc2)c1. The first-order valence-electron chi connectivity index (χ1n) is 11.2. The van der Waals surface area contributed by atoms with E-state index in [2.05, 4.69) is 17.1 Å². The van der Waals surface area contributed by atoms with Crippen LogP contribution in [0, 0.1) is 0 Å². The zero-order valence-corrected chi connectivity index (χ0v) is 18.9. The maximum Gasteiger partial charge on any atom is 0.305 e. The molecule has 0 saturated carbocycles. The summed E-state index contributed by atoms with van der Waals surface area (Å²) in [6, 6.07) is 19.3. The van der Waals surface area contributed by atoms with Crippen molar-refractivity contribution < 1.29 is 19.1 Å². The van der Waals surface area contributed by atoms with Crippen molar-refractivity contribution in [2.45, 2.75) is 39.2 Å². The van der Waals surface area contributed by atoms with Crippen LogP contribution in [0.3, 0.4) is 0 Å². The van der Waals surface area contributed by atoms with Gasteiger partial charge in [0.15, 0.2) is 0 Å². The van der Waals surface area contributed by atoms with Crippen LogP contribution in [-0.4, -0.2) is 23.8 Å². The van der Waals surface area contributed by atoms with Crippen LogP contribution in [0.4, 0.5) is 0 Å². The molecule has 0 atom stereocenters. The van der Waals surface area contributed by atoms with Crippen LogP contribution in [-0.2, 0) is 16.1 Å². The Morgan fingerprint density at radius 2 is 1.82 bits per heavy atom. The molecule has 0 fully saturated rings. The van der Waals surface area contributed by atoms with Gasteiger partial charge in [-0.25, -0.2) is 0 Å². The minimum absolute atomic E-state index is 0.139. The Morgan fingerprint density at radius 1 is 1.00 bits per heavy atom. The van der Waals surface area contributed by atoms with Gasteiger partial charge in [0.1, 0.15) is 18.6 Å². The number of unbranched alkanes of at least 4 members (excludes halogenated alkanes) is 2. The van der Waals surface area contributed by atoms with Gasteiger partial charge in [-0.3, -0.25) is 14.6 Å². The fraction of sp³-hybridized carbons (Fsp3) is 0.250. The zero-order chi connectivity index (χ0) is 23.3. The topological polar surface area (TPSA) is 65.5 Å². The van der Waals surface area contributed by atoms with E-state index < -0.39 is 0 Å². The molecule has 0 spiro atoms. The van der Waals surface area contributed by atoms with Crippen molar-refractivity contribution in [3.63, 3.8) is 0 Å². The summed E-state index contributed by atoms with van der Waals surface area (Å²) in [5.74, 6) is 0.628. The molecule has 2 aromatic carbocycles. The average molecular weight is 444 g/mol. The van der Waals surface area contributed by atoms with Gasteiger partial charge in [-0.2, -0.15) is 0 Å². The Hall–Kier alpha value is -3.73. The molecule has 1 heterocycles. The fourth-order valence-corrected chi connectivity index (χ4v) is 3.43. The third-order valence-corrected chi connectivity index (χ3v) is 5.13. The largest absolute Gasteiger partial charge is 0.489 e. The van der Waals surface area contributed by atoms with Gasteiger partial charge in [0.2, 0.25) is 0 Å². The maximum atomic E-state index is 11.5. The molecule has 0 aliphatic rings. The van der Waals surface area contributed by atoms with E-state index in [1.54, 1.807) is 18.3 Å². The summed E-state index contributed by atoms with van der Waals surface area (Å²) >= 11 is 0. The number of ether oxygens (including phenoxy) is 2. The van der Waals surface area contributed by atoms with Crippen molar-refractivity contribution in [2.75, 3.05) is 6.61 Å². The maximum absolute atomic E-state index is 11.5. The summed E-state index contributed by atoms with van der Waals surface area (Å²) in [5.41, 5.74) is 4.80. The number of esters is 1. The number of hydrogen-bond acceptors (Lipinski definition) is 5. The van der Waals surface area contributed by atoms with Gasteiger partial charge in [-0.1, -0.05) is 48.5 Å². The van der Waals surface area contributed by atoms with Crippen LogP contribution in [0.2, 0.25) is 0 Å². The predicted octanol–water partition coefficient (Wildman–Crippen LogP) is 6.03. The van der Waals surface area contributed by atoms with E-state index in [1.807, 2.05) is 55.6 Å². The standard InChI is InChI=1S/C28H29NO4/c1-2-32-28(31)12-5-3-4-11-27(25-9-7-17-29-19-25)24-8-6-10-26(18-24)33-21-23-15-13-22(20-30)14-16-23/h6-11,13-20H,2-5,12,21H2,1H3/b27-11+. The lowest BCUT2D eigenvalue weighted by Gasteiger charge is -2.12. The molecule has 33 heavy (non-hydrogen) atoms. The number of hydrogen-bond donors (Lipinski definition) is 0. The number of allylic oxidation sites excluding steroid dienone is 1. The van der Waals surface area contributed by atoms with Crippen molar-refractivity contribution in [1.82, 2.24) is 4.98 Å². The zero-order valence-electron chi connectivity index (χ0n) is 18.9. The van der Waals surface area contributed by atoms with Crippen molar-refractivity contribution in [3.8, 4) is 5.75 Å². The van der Waals surface area contributed by atoms with Gasteiger partial charge >= 0.3 is 5.97 Å². The number of rotatable bonds is 12. The number of carbonyl (C=O) groups excluding carboxylic acids is 2. The highest BCUT2D eigenvalue weighted by Gasteiger charge is 2.08. The second-order valence-electron chi connectivity index (χ2n) is 7.59. The number of nitrogens with zero attached hydrogens (tertiary/aromatic N) is 1. The smallest absolute Gasteiger partial charge is 0.305 e. The molecule has 1 aromatic heterocycles. The van der Waals surface area contributed by atoms with E-state index in [0.29, 0.717) is 25.2 Å². The first-order valence-corrected chi connectivity index (χ1v) is 11.2. The molecule has 0 N–H and O–H groups in total. The molecule has 0 unspecified atom stereocenters. The molecule has 3 rings (SSSR count). The van der Waals surface area contributed by atoms with E-state index in [0.717, 1.165) is 53.6 Å². The van der Waals surface area contributed by atoms with Gasteiger partial charge in [-0.05, 0) is 61.1 Å². The summed E-state index contributed by atoms with van der Waals surface area (Å²) in [6.07, 6.45) is 9.62. The fourth-order valence-electron chi connectivity index (χ4n) is 3.43. The third kappa shape index (κ3) is 7.72. The predicted molar refractivity (Wildman–Crippen MR) is 129 cm³/mol. The molecule has 0 aliphatic carbocycles. The van der Waals surface area contributed by atoms with Gasteiger partial charge in [-0.15, -0.1) is 0 Å². The van der Waals surface area contributed by atoms with E-state index >= 15 is 0 Å². The van der Waals surface area contributed by atoms with Crippen molar-refractivity contribution in [2.24, 2.45) is 0 Å². The lowest BCUT2D eigenvalue weighted by atomic mass is 9.97. The molecular weight excluding hydrogens is 414 g/mol. The normalized spacial score (nSPS) is 11.1. The Balaban J connectivity index is 1.69. The van der Waals surface area contributed by atoms with E-state index in [-0.39, 0.29) is 5.97 Å². The average Bonchev–Trinajstić information content (AvgIpc) is 2.86. The second kappa shape index (κ2) is 13.0. The molecule has 5 nitrogen and oxygen atoms in total. The number of carbonyl (C=O) groups is 2. The molecule has 0 radical (unpaired) electrons. The van der Waals surface area contributed by atoms with E-state index in [4.69, 9.17) is 9.47 Å². The summed E-state index contributed by atoms with van der Waals surface area (Å²) in [5, 5.41) is 0. The monoisotopic (exact) mass is 443 g/mol.